The zero-order valence-corrected chi connectivity index (χ0v) is 21.8. The third-order valence-electron chi connectivity index (χ3n) is 6.19. The Morgan fingerprint density at radius 2 is 1.61 bits per heavy atom. The Balaban J connectivity index is 1.36. The molecular weight excluding hydrogens is 486 g/mol. The van der Waals surface area contributed by atoms with Crippen LogP contribution in [0.1, 0.15) is 43.4 Å². The van der Waals surface area contributed by atoms with Gasteiger partial charge in [0.05, 0.1) is 0 Å². The summed E-state index contributed by atoms with van der Waals surface area (Å²) in [7, 11) is 1.54. The predicted octanol–water partition coefficient (Wildman–Crippen LogP) is 4.99. The molecule has 1 atom stereocenters. The number of hydrogen-bond acceptors (Lipinski definition) is 6. The summed E-state index contributed by atoms with van der Waals surface area (Å²) in [6.07, 6.45) is 0.0840. The minimum absolute atomic E-state index is 0.0110. The van der Waals surface area contributed by atoms with E-state index in [9.17, 15) is 19.5 Å². The van der Waals surface area contributed by atoms with Crippen LogP contribution in [0.15, 0.2) is 66.9 Å². The van der Waals surface area contributed by atoms with E-state index in [4.69, 9.17) is 9.47 Å². The average molecular weight is 518 g/mol. The highest BCUT2D eigenvalue weighted by molar-refractivity contribution is 5.86. The molecule has 1 aliphatic rings. The number of hydrogen-bond donors (Lipinski definition) is 2. The zero-order chi connectivity index (χ0) is 27.4. The maximum atomic E-state index is 12.6. The fourth-order valence-electron chi connectivity index (χ4n) is 4.38. The van der Waals surface area contributed by atoms with E-state index in [1.807, 2.05) is 48.5 Å². The van der Waals surface area contributed by atoms with Crippen LogP contribution in [0.3, 0.4) is 0 Å². The minimum atomic E-state index is -1.22. The molecule has 0 spiro atoms. The van der Waals surface area contributed by atoms with Gasteiger partial charge < -0.3 is 19.9 Å². The summed E-state index contributed by atoms with van der Waals surface area (Å²) in [6.45, 7) is 5.39. The third kappa shape index (κ3) is 6.11. The number of nitrogens with zero attached hydrogens (tertiary/aromatic N) is 2. The Kier molecular flexibility index (Phi) is 7.66. The number of alkyl carbamates (subject to hydrolysis) is 1. The smallest absolute Gasteiger partial charge is 0.415 e. The summed E-state index contributed by atoms with van der Waals surface area (Å²) < 4.78 is 10.8. The molecule has 38 heavy (non-hydrogen) atoms. The molecule has 1 aliphatic carbocycles. The van der Waals surface area contributed by atoms with Crippen molar-refractivity contribution in [2.24, 2.45) is 0 Å². The van der Waals surface area contributed by atoms with E-state index < -0.39 is 29.8 Å². The first kappa shape index (κ1) is 26.7. The lowest BCUT2D eigenvalue weighted by molar-refractivity contribution is -0.139. The number of carboxylic acid groups (broad SMARTS) is 1. The summed E-state index contributed by atoms with van der Waals surface area (Å²) in [5.41, 5.74) is 4.27. The second-order valence-corrected chi connectivity index (χ2v) is 10.1. The van der Waals surface area contributed by atoms with Crippen molar-refractivity contribution in [1.29, 1.82) is 0 Å². The van der Waals surface area contributed by atoms with Crippen LogP contribution in [0, 0.1) is 0 Å². The zero-order valence-electron chi connectivity index (χ0n) is 21.8. The Labute approximate surface area is 221 Å². The van der Waals surface area contributed by atoms with E-state index in [-0.39, 0.29) is 18.9 Å². The van der Waals surface area contributed by atoms with Gasteiger partial charge in [0.25, 0.3) is 0 Å². The van der Waals surface area contributed by atoms with Crippen LogP contribution in [0.4, 0.5) is 15.4 Å². The second-order valence-electron chi connectivity index (χ2n) is 10.1. The van der Waals surface area contributed by atoms with Gasteiger partial charge in [-0.2, -0.15) is 0 Å². The number of aliphatic carboxylic acids is 1. The van der Waals surface area contributed by atoms with E-state index in [1.54, 1.807) is 32.9 Å². The molecule has 0 saturated heterocycles. The normalized spacial score (nSPS) is 13.2. The number of pyridine rings is 1. The number of amides is 2. The highest BCUT2D eigenvalue weighted by Gasteiger charge is 2.30. The summed E-state index contributed by atoms with van der Waals surface area (Å²) >= 11 is 0. The van der Waals surface area contributed by atoms with Gasteiger partial charge in [-0.1, -0.05) is 54.6 Å². The molecule has 0 saturated carbocycles. The van der Waals surface area contributed by atoms with Crippen molar-refractivity contribution in [2.45, 2.75) is 44.8 Å². The molecule has 2 amide bonds. The molecule has 0 radical (unpaired) electrons. The van der Waals surface area contributed by atoms with Gasteiger partial charge in [-0.25, -0.2) is 19.4 Å². The van der Waals surface area contributed by atoms with Gasteiger partial charge in [0, 0.05) is 25.6 Å². The number of carbonyl (C=O) groups excluding carboxylic acids is 2. The SMILES string of the molecule is CN(C(=O)OC(C)(C)C)c1ccc(C[C@H](NC(=O)OCC2c3ccccc3-c3ccccc32)C(=O)O)cn1. The van der Waals surface area contributed by atoms with E-state index in [0.29, 0.717) is 11.4 Å². The fourth-order valence-corrected chi connectivity index (χ4v) is 4.38. The van der Waals surface area contributed by atoms with Gasteiger partial charge in [-0.15, -0.1) is 0 Å². The van der Waals surface area contributed by atoms with Crippen LogP contribution in [0.25, 0.3) is 11.1 Å². The van der Waals surface area contributed by atoms with Crippen LogP contribution >= 0.6 is 0 Å². The van der Waals surface area contributed by atoms with Crippen molar-refractivity contribution >= 4 is 24.0 Å². The van der Waals surface area contributed by atoms with Crippen molar-refractivity contribution in [2.75, 3.05) is 18.6 Å². The number of carbonyl (C=O) groups is 3. The maximum absolute atomic E-state index is 12.6. The molecule has 1 heterocycles. The standard InChI is InChI=1S/C29H31N3O6/c1-29(2,3)38-28(36)32(4)25-14-13-18(16-30-25)15-24(26(33)34)31-27(35)37-17-23-21-11-7-5-9-19(21)20-10-6-8-12-22(20)23/h5-14,16,23-24H,15,17H2,1-4H3,(H,31,35)(H,33,34)/t24-/m0/s1. The topological polar surface area (TPSA) is 118 Å². The first-order valence-electron chi connectivity index (χ1n) is 12.3. The third-order valence-corrected chi connectivity index (χ3v) is 6.19. The lowest BCUT2D eigenvalue weighted by atomic mass is 9.98. The first-order chi connectivity index (χ1) is 18.0. The van der Waals surface area contributed by atoms with Gasteiger partial charge in [-0.05, 0) is 54.7 Å². The van der Waals surface area contributed by atoms with Crippen molar-refractivity contribution < 1.29 is 29.0 Å². The summed E-state index contributed by atoms with van der Waals surface area (Å²) in [6, 6.07) is 18.0. The molecule has 2 N–H and O–H groups in total. The largest absolute Gasteiger partial charge is 0.480 e. The van der Waals surface area contributed by atoms with Gasteiger partial charge in [-0.3, -0.25) is 4.90 Å². The number of carboxylic acids is 1. The van der Waals surface area contributed by atoms with Crippen LogP contribution < -0.4 is 10.2 Å². The molecule has 0 fully saturated rings. The second kappa shape index (κ2) is 10.9. The summed E-state index contributed by atoms with van der Waals surface area (Å²) in [4.78, 5) is 42.2. The number of aromatic nitrogens is 1. The maximum Gasteiger partial charge on any atom is 0.415 e. The van der Waals surface area contributed by atoms with E-state index in [1.165, 1.54) is 18.1 Å². The van der Waals surface area contributed by atoms with Gasteiger partial charge in [0.15, 0.2) is 0 Å². The molecule has 1 aromatic heterocycles. The molecule has 2 aromatic carbocycles. The average Bonchev–Trinajstić information content (AvgIpc) is 3.19. The molecule has 0 unspecified atom stereocenters. The number of fused-ring (bicyclic) bond motifs is 3. The molecule has 3 aromatic rings. The monoisotopic (exact) mass is 517 g/mol. The van der Waals surface area contributed by atoms with Crippen LogP contribution in [0.2, 0.25) is 0 Å². The Bertz CT molecular complexity index is 1290. The Hall–Kier alpha value is -4.40. The predicted molar refractivity (Wildman–Crippen MR) is 142 cm³/mol. The number of rotatable bonds is 7. The van der Waals surface area contributed by atoms with Crippen molar-refractivity contribution in [1.82, 2.24) is 10.3 Å². The molecule has 9 heteroatoms. The van der Waals surface area contributed by atoms with Crippen LogP contribution in [-0.4, -0.2) is 53.5 Å². The lowest BCUT2D eigenvalue weighted by Crippen LogP contribution is -2.43. The van der Waals surface area contributed by atoms with Gasteiger partial charge in [0.1, 0.15) is 24.1 Å². The van der Waals surface area contributed by atoms with Gasteiger partial charge >= 0.3 is 18.2 Å². The quantitative estimate of drug-likeness (QED) is 0.453. The van der Waals surface area contributed by atoms with Crippen LogP contribution in [0.5, 0.6) is 0 Å². The Morgan fingerprint density at radius 3 is 2.13 bits per heavy atom. The first-order valence-corrected chi connectivity index (χ1v) is 12.3. The minimum Gasteiger partial charge on any atom is -0.480 e. The molecule has 9 nitrogen and oxygen atoms in total. The van der Waals surface area contributed by atoms with Crippen LogP contribution in [-0.2, 0) is 20.7 Å². The van der Waals surface area contributed by atoms with Crippen molar-refractivity contribution in [3.63, 3.8) is 0 Å². The molecule has 4 rings (SSSR count). The number of anilines is 1. The highest BCUT2D eigenvalue weighted by Crippen LogP contribution is 2.44. The van der Waals surface area contributed by atoms with E-state index in [2.05, 4.69) is 10.3 Å². The molecule has 0 aliphatic heterocycles. The lowest BCUT2D eigenvalue weighted by Gasteiger charge is -2.24. The van der Waals surface area contributed by atoms with E-state index in [0.717, 1.165) is 22.3 Å². The molecular formula is C29H31N3O6. The summed E-state index contributed by atoms with van der Waals surface area (Å²) in [5.74, 6) is -0.983. The number of nitrogens with one attached hydrogen (secondary N) is 1. The number of ether oxygens (including phenoxy) is 2. The summed E-state index contributed by atoms with van der Waals surface area (Å²) in [5, 5.41) is 12.1. The fraction of sp³-hybridized carbons (Fsp3) is 0.310. The van der Waals surface area contributed by atoms with E-state index >= 15 is 0 Å². The van der Waals surface area contributed by atoms with Gasteiger partial charge in [0.2, 0.25) is 0 Å². The Morgan fingerprint density at radius 1 is 1.00 bits per heavy atom. The highest BCUT2D eigenvalue weighted by atomic mass is 16.6. The molecule has 0 bridgehead atoms. The van der Waals surface area contributed by atoms with Crippen molar-refractivity contribution in [3.8, 4) is 11.1 Å². The molecule has 198 valence electrons. The van der Waals surface area contributed by atoms with Crippen molar-refractivity contribution in [3.05, 3.63) is 83.6 Å². The number of benzene rings is 2.